The summed E-state index contributed by atoms with van der Waals surface area (Å²) in [4.78, 5) is 13.4. The van der Waals surface area contributed by atoms with E-state index in [1.54, 1.807) is 17.0 Å². The minimum atomic E-state index is -1.50. The molecule has 0 spiro atoms. The maximum Gasteiger partial charge on any atom is 0.224 e. The van der Waals surface area contributed by atoms with Crippen LogP contribution in [0.2, 0.25) is 15.1 Å². The zero-order valence-corrected chi connectivity index (χ0v) is 18.6. The van der Waals surface area contributed by atoms with Crippen molar-refractivity contribution < 1.29 is 24.1 Å². The first-order valence-electron chi connectivity index (χ1n) is 9.72. The number of carbonyl (C=O) groups excluding carboxylic acids is 1. The number of hydrogen-bond donors (Lipinski definition) is 3. The van der Waals surface area contributed by atoms with Gasteiger partial charge < -0.3 is 25.2 Å². The molecule has 2 aromatic rings. The summed E-state index contributed by atoms with van der Waals surface area (Å²) in [7, 11) is 0. The molecule has 2 atom stereocenters. The summed E-state index contributed by atoms with van der Waals surface area (Å²) in [6, 6.07) is 5.83. The molecule has 4 rings (SSSR count). The molecule has 3 N–H and O–H groups in total. The monoisotopic (exact) mass is 488 g/mol. The lowest BCUT2D eigenvalue weighted by Gasteiger charge is -2.43. The van der Waals surface area contributed by atoms with Gasteiger partial charge in [0.25, 0.3) is 0 Å². The lowest BCUT2D eigenvalue weighted by molar-refractivity contribution is -0.116. The van der Waals surface area contributed by atoms with Gasteiger partial charge in [-0.2, -0.15) is 0 Å². The molecule has 10 heteroatoms. The van der Waals surface area contributed by atoms with Gasteiger partial charge in [0.2, 0.25) is 5.91 Å². The van der Waals surface area contributed by atoms with Crippen molar-refractivity contribution in [2.24, 2.45) is 0 Å². The van der Waals surface area contributed by atoms with Gasteiger partial charge in [-0.3, -0.25) is 4.79 Å². The molecule has 0 aliphatic carbocycles. The molecule has 0 bridgehead atoms. The van der Waals surface area contributed by atoms with Crippen LogP contribution in [0.5, 0.6) is 5.75 Å². The molecule has 31 heavy (non-hydrogen) atoms. The van der Waals surface area contributed by atoms with Crippen LogP contribution >= 0.6 is 34.8 Å². The van der Waals surface area contributed by atoms with Gasteiger partial charge in [-0.1, -0.05) is 34.8 Å². The van der Waals surface area contributed by atoms with E-state index in [0.29, 0.717) is 41.5 Å². The minimum Gasteiger partial charge on any atom is -0.490 e. The fraction of sp³-hybridized carbons (Fsp3) is 0.381. The second kappa shape index (κ2) is 8.64. The van der Waals surface area contributed by atoms with Crippen LogP contribution in [0, 0.1) is 5.82 Å². The fourth-order valence-corrected chi connectivity index (χ4v) is 4.52. The van der Waals surface area contributed by atoms with Crippen molar-refractivity contribution in [1.29, 1.82) is 0 Å². The number of nitrogens with one attached hydrogen (secondary N) is 1. The SMILES string of the molecule is O=C1CCc2c(OC[C@]3(O)CCN(c4cc(Cl)c(F)cc4Cl)C[C@H]3O)ccc(Cl)c2N1. The predicted molar refractivity (Wildman–Crippen MR) is 118 cm³/mol. The van der Waals surface area contributed by atoms with Gasteiger partial charge in [0.05, 0.1) is 26.4 Å². The zero-order chi connectivity index (χ0) is 22.3. The van der Waals surface area contributed by atoms with Crippen molar-refractivity contribution in [2.45, 2.75) is 31.0 Å². The average molecular weight is 490 g/mol. The molecular weight excluding hydrogens is 470 g/mol. The number of halogens is 4. The highest BCUT2D eigenvalue weighted by Crippen LogP contribution is 2.38. The molecule has 2 heterocycles. The Labute approximate surface area is 193 Å². The van der Waals surface area contributed by atoms with Crippen molar-refractivity contribution in [2.75, 3.05) is 29.9 Å². The molecule has 0 saturated carbocycles. The van der Waals surface area contributed by atoms with Gasteiger partial charge >= 0.3 is 0 Å². The summed E-state index contributed by atoms with van der Waals surface area (Å²) in [6.45, 7) is 0.269. The van der Waals surface area contributed by atoms with E-state index in [4.69, 9.17) is 39.5 Å². The Hall–Kier alpha value is -1.77. The number of piperidine rings is 1. The highest BCUT2D eigenvalue weighted by molar-refractivity contribution is 6.35. The van der Waals surface area contributed by atoms with E-state index in [1.807, 2.05) is 0 Å². The van der Waals surface area contributed by atoms with Gasteiger partial charge in [-0.15, -0.1) is 0 Å². The van der Waals surface area contributed by atoms with E-state index in [-0.39, 0.29) is 35.5 Å². The molecule has 6 nitrogen and oxygen atoms in total. The molecule has 0 radical (unpaired) electrons. The van der Waals surface area contributed by atoms with Crippen LogP contribution < -0.4 is 15.0 Å². The predicted octanol–water partition coefficient (Wildman–Crippen LogP) is 4.05. The van der Waals surface area contributed by atoms with Crippen molar-refractivity contribution in [1.82, 2.24) is 0 Å². The van der Waals surface area contributed by atoms with Gasteiger partial charge in [-0.25, -0.2) is 4.39 Å². The van der Waals surface area contributed by atoms with Crippen LogP contribution in [-0.4, -0.2) is 47.5 Å². The second-order valence-electron chi connectivity index (χ2n) is 7.77. The van der Waals surface area contributed by atoms with Crippen molar-refractivity contribution in [3.63, 3.8) is 0 Å². The van der Waals surface area contributed by atoms with Crippen molar-refractivity contribution >= 4 is 52.1 Å². The molecule has 2 aliphatic rings. The normalized spacial score (nSPS) is 23.4. The number of benzene rings is 2. The molecule has 2 aliphatic heterocycles. The number of amides is 1. The van der Waals surface area contributed by atoms with Gasteiger partial charge in [-0.05, 0) is 37.1 Å². The largest absolute Gasteiger partial charge is 0.490 e. The second-order valence-corrected chi connectivity index (χ2v) is 8.99. The Morgan fingerprint density at radius 2 is 1.97 bits per heavy atom. The molecule has 166 valence electrons. The lowest BCUT2D eigenvalue weighted by atomic mass is 9.89. The number of aliphatic hydroxyl groups excluding tert-OH is 1. The molecule has 1 fully saturated rings. The third-order valence-corrected chi connectivity index (χ3v) is 6.63. The van der Waals surface area contributed by atoms with Crippen molar-refractivity contribution in [3.8, 4) is 5.75 Å². The Morgan fingerprint density at radius 3 is 2.71 bits per heavy atom. The molecular formula is C21H20Cl3FN2O4. The highest BCUT2D eigenvalue weighted by Gasteiger charge is 2.42. The summed E-state index contributed by atoms with van der Waals surface area (Å²) in [5, 5.41) is 24.9. The standard InChI is InChI=1S/C21H20Cl3FN2O4/c22-12-2-3-17(11-1-4-19(29)26-20(11)12)31-10-21(30)5-6-27(9-18(21)28)16-8-13(23)15(25)7-14(16)24/h2-3,7-8,18,28,30H,1,4-6,9-10H2,(H,26,29)/t18-,21-/m1/s1. The Kier molecular flexibility index (Phi) is 6.25. The number of β-amino-alcohol motifs (C(OH)–C–C–N with tert-alkyl or cyclic N) is 1. The lowest BCUT2D eigenvalue weighted by Crippen LogP contribution is -2.58. The number of hydrogen-bond acceptors (Lipinski definition) is 5. The Balaban J connectivity index is 1.47. The van der Waals surface area contributed by atoms with Gasteiger partial charge in [0, 0.05) is 25.1 Å². The van der Waals surface area contributed by atoms with Gasteiger partial charge in [0.1, 0.15) is 29.9 Å². The van der Waals surface area contributed by atoms with E-state index in [1.165, 1.54) is 6.07 Å². The first-order valence-corrected chi connectivity index (χ1v) is 10.9. The van der Waals surface area contributed by atoms with Crippen LogP contribution in [0.1, 0.15) is 18.4 Å². The van der Waals surface area contributed by atoms with E-state index in [2.05, 4.69) is 5.32 Å². The number of aliphatic hydroxyl groups is 2. The van der Waals surface area contributed by atoms with E-state index in [9.17, 15) is 19.4 Å². The molecule has 2 aromatic carbocycles. The van der Waals surface area contributed by atoms with E-state index >= 15 is 0 Å². The summed E-state index contributed by atoms with van der Waals surface area (Å²) < 4.78 is 19.5. The quantitative estimate of drug-likeness (QED) is 0.565. The number of anilines is 2. The topological polar surface area (TPSA) is 82.0 Å². The number of ether oxygens (including phenoxy) is 1. The summed E-state index contributed by atoms with van der Waals surface area (Å²) in [5.74, 6) is -0.247. The molecule has 0 unspecified atom stereocenters. The number of fused-ring (bicyclic) bond motifs is 1. The fourth-order valence-electron chi connectivity index (χ4n) is 3.87. The van der Waals surface area contributed by atoms with Crippen LogP contribution in [0.3, 0.4) is 0 Å². The Morgan fingerprint density at radius 1 is 1.19 bits per heavy atom. The van der Waals surface area contributed by atoms with Crippen LogP contribution in [0.4, 0.5) is 15.8 Å². The van der Waals surface area contributed by atoms with E-state index < -0.39 is 17.5 Å². The number of rotatable bonds is 4. The first kappa shape index (κ1) is 22.4. The van der Waals surface area contributed by atoms with Crippen LogP contribution in [0.25, 0.3) is 0 Å². The number of nitrogens with zero attached hydrogens (tertiary/aromatic N) is 1. The maximum absolute atomic E-state index is 13.6. The third kappa shape index (κ3) is 4.43. The highest BCUT2D eigenvalue weighted by atomic mass is 35.5. The van der Waals surface area contributed by atoms with Crippen molar-refractivity contribution in [3.05, 3.63) is 50.7 Å². The maximum atomic E-state index is 13.6. The minimum absolute atomic E-state index is 0.0658. The van der Waals surface area contributed by atoms with Crippen LogP contribution in [-0.2, 0) is 11.2 Å². The Bertz CT molecular complexity index is 1040. The summed E-state index contributed by atoms with van der Waals surface area (Å²) in [6.07, 6.45) is -0.183. The zero-order valence-electron chi connectivity index (χ0n) is 16.3. The smallest absolute Gasteiger partial charge is 0.224 e. The first-order chi connectivity index (χ1) is 14.7. The van der Waals surface area contributed by atoms with E-state index in [0.717, 1.165) is 11.6 Å². The summed E-state index contributed by atoms with van der Waals surface area (Å²) >= 11 is 18.2. The summed E-state index contributed by atoms with van der Waals surface area (Å²) in [5.41, 5.74) is 0.255. The van der Waals surface area contributed by atoms with Gasteiger partial charge in [0.15, 0.2) is 0 Å². The van der Waals surface area contributed by atoms with Crippen LogP contribution in [0.15, 0.2) is 24.3 Å². The average Bonchev–Trinajstić information content (AvgIpc) is 2.73. The molecule has 1 amide bonds. The molecule has 1 saturated heterocycles. The third-order valence-electron chi connectivity index (χ3n) is 5.72. The molecule has 0 aromatic heterocycles. The number of carbonyl (C=O) groups is 1.